The van der Waals surface area contributed by atoms with Crippen LogP contribution in [-0.2, 0) is 6.54 Å². The van der Waals surface area contributed by atoms with Crippen LogP contribution in [0.15, 0.2) is 48.5 Å². The van der Waals surface area contributed by atoms with E-state index in [1.807, 2.05) is 17.0 Å². The normalized spacial score (nSPS) is 15.5. The van der Waals surface area contributed by atoms with Gasteiger partial charge in [0.1, 0.15) is 0 Å². The predicted octanol–water partition coefficient (Wildman–Crippen LogP) is 3.60. The van der Waals surface area contributed by atoms with E-state index >= 15 is 0 Å². The number of carbonyl (C=O) groups excluding carboxylic acids is 1. The lowest BCUT2D eigenvalue weighted by Crippen LogP contribution is -2.35. The van der Waals surface area contributed by atoms with Crippen LogP contribution < -0.4 is 0 Å². The Bertz CT molecular complexity index is 795. The van der Waals surface area contributed by atoms with Gasteiger partial charge >= 0.3 is 0 Å². The fourth-order valence-electron chi connectivity index (χ4n) is 3.12. The van der Waals surface area contributed by atoms with Gasteiger partial charge in [0.25, 0.3) is 11.6 Å². The molecule has 1 fully saturated rings. The maximum atomic E-state index is 12.7. The molecule has 0 radical (unpaired) electrons. The zero-order chi connectivity index (χ0) is 18.5. The largest absolute Gasteiger partial charge is 0.337 e. The van der Waals surface area contributed by atoms with Crippen molar-refractivity contribution in [1.29, 1.82) is 0 Å². The van der Waals surface area contributed by atoms with E-state index in [1.54, 1.807) is 24.3 Å². The molecule has 1 saturated heterocycles. The van der Waals surface area contributed by atoms with Crippen molar-refractivity contribution in [3.05, 3.63) is 74.8 Å². The van der Waals surface area contributed by atoms with Crippen LogP contribution in [0.1, 0.15) is 22.3 Å². The summed E-state index contributed by atoms with van der Waals surface area (Å²) in [4.78, 5) is 27.1. The second-order valence-corrected chi connectivity index (χ2v) is 6.73. The van der Waals surface area contributed by atoms with Crippen LogP contribution in [0, 0.1) is 10.1 Å². The highest BCUT2D eigenvalue weighted by molar-refractivity contribution is 6.33. The number of nitrogens with zero attached hydrogens (tertiary/aromatic N) is 3. The molecule has 0 atom stereocenters. The lowest BCUT2D eigenvalue weighted by Gasteiger charge is -2.22. The molecule has 6 nitrogen and oxygen atoms in total. The monoisotopic (exact) mass is 373 g/mol. The summed E-state index contributed by atoms with van der Waals surface area (Å²) in [5.74, 6) is -0.0345. The number of hydrogen-bond acceptors (Lipinski definition) is 4. The summed E-state index contributed by atoms with van der Waals surface area (Å²) in [7, 11) is 0. The van der Waals surface area contributed by atoms with Crippen LogP contribution in [0.5, 0.6) is 0 Å². The van der Waals surface area contributed by atoms with Crippen LogP contribution in [0.2, 0.25) is 5.02 Å². The van der Waals surface area contributed by atoms with Crippen molar-refractivity contribution in [2.45, 2.75) is 13.0 Å². The molecule has 2 aromatic carbocycles. The van der Waals surface area contributed by atoms with Gasteiger partial charge in [-0.1, -0.05) is 35.9 Å². The Labute approximate surface area is 157 Å². The molecule has 0 aromatic heterocycles. The fraction of sp³-hybridized carbons (Fsp3) is 0.316. The molecule has 1 heterocycles. The zero-order valence-corrected chi connectivity index (χ0v) is 15.1. The Balaban J connectivity index is 1.60. The lowest BCUT2D eigenvalue weighted by atomic mass is 10.2. The van der Waals surface area contributed by atoms with Crippen molar-refractivity contribution < 1.29 is 9.72 Å². The van der Waals surface area contributed by atoms with Crippen LogP contribution >= 0.6 is 11.6 Å². The summed E-state index contributed by atoms with van der Waals surface area (Å²) in [6.07, 6.45) is 0.878. The Hall–Kier alpha value is -2.44. The van der Waals surface area contributed by atoms with E-state index in [2.05, 4.69) is 4.90 Å². The maximum Gasteiger partial charge on any atom is 0.269 e. The molecule has 1 aliphatic rings. The van der Waals surface area contributed by atoms with E-state index in [0.717, 1.165) is 25.1 Å². The van der Waals surface area contributed by atoms with Gasteiger partial charge in [0.05, 0.1) is 15.5 Å². The minimum Gasteiger partial charge on any atom is -0.337 e. The van der Waals surface area contributed by atoms with Crippen molar-refractivity contribution in [3.63, 3.8) is 0 Å². The molecule has 1 aliphatic heterocycles. The third-order valence-corrected chi connectivity index (χ3v) is 4.86. The Morgan fingerprint density at radius 2 is 1.77 bits per heavy atom. The zero-order valence-electron chi connectivity index (χ0n) is 14.3. The van der Waals surface area contributed by atoms with E-state index in [1.165, 1.54) is 12.1 Å². The molecule has 0 aliphatic carbocycles. The first kappa shape index (κ1) is 18.4. The average molecular weight is 374 g/mol. The first-order valence-electron chi connectivity index (χ1n) is 8.54. The molecule has 0 bridgehead atoms. The van der Waals surface area contributed by atoms with Crippen molar-refractivity contribution in [1.82, 2.24) is 9.80 Å². The molecule has 136 valence electrons. The van der Waals surface area contributed by atoms with Crippen LogP contribution in [-0.4, -0.2) is 46.8 Å². The molecule has 7 heteroatoms. The molecular weight excluding hydrogens is 354 g/mol. The summed E-state index contributed by atoms with van der Waals surface area (Å²) in [6, 6.07) is 13.7. The van der Waals surface area contributed by atoms with Gasteiger partial charge in [0, 0.05) is 44.9 Å². The number of nitro benzene ring substituents is 1. The summed E-state index contributed by atoms with van der Waals surface area (Å²) in [5.41, 5.74) is 1.67. The number of carbonyl (C=O) groups is 1. The van der Waals surface area contributed by atoms with Gasteiger partial charge in [-0.25, -0.2) is 0 Å². The van der Waals surface area contributed by atoms with E-state index in [0.29, 0.717) is 30.2 Å². The summed E-state index contributed by atoms with van der Waals surface area (Å²) in [6.45, 7) is 3.68. The summed E-state index contributed by atoms with van der Waals surface area (Å²) in [5, 5.41) is 11.2. The van der Waals surface area contributed by atoms with Crippen molar-refractivity contribution in [2.24, 2.45) is 0 Å². The van der Waals surface area contributed by atoms with E-state index in [-0.39, 0.29) is 11.6 Å². The van der Waals surface area contributed by atoms with E-state index in [4.69, 9.17) is 11.6 Å². The molecule has 0 unspecified atom stereocenters. The predicted molar refractivity (Wildman–Crippen MR) is 100 cm³/mol. The number of hydrogen-bond donors (Lipinski definition) is 0. The minimum absolute atomic E-state index is 0.0345. The number of rotatable bonds is 4. The molecule has 26 heavy (non-hydrogen) atoms. The van der Waals surface area contributed by atoms with E-state index in [9.17, 15) is 14.9 Å². The molecule has 1 amide bonds. The first-order valence-corrected chi connectivity index (χ1v) is 8.92. The van der Waals surface area contributed by atoms with Crippen LogP contribution in [0.4, 0.5) is 5.69 Å². The number of benzene rings is 2. The van der Waals surface area contributed by atoms with Gasteiger partial charge in [-0.3, -0.25) is 19.8 Å². The third-order valence-electron chi connectivity index (χ3n) is 4.53. The van der Waals surface area contributed by atoms with Crippen molar-refractivity contribution in [2.75, 3.05) is 26.2 Å². The first-order chi connectivity index (χ1) is 12.5. The molecule has 2 aromatic rings. The van der Waals surface area contributed by atoms with Gasteiger partial charge in [0.15, 0.2) is 0 Å². The Kier molecular flexibility index (Phi) is 5.85. The van der Waals surface area contributed by atoms with Crippen molar-refractivity contribution >= 4 is 23.2 Å². The van der Waals surface area contributed by atoms with Gasteiger partial charge in [0.2, 0.25) is 0 Å². The number of nitro groups is 1. The molecule has 0 N–H and O–H groups in total. The van der Waals surface area contributed by atoms with Crippen molar-refractivity contribution in [3.8, 4) is 0 Å². The molecule has 0 saturated carbocycles. The van der Waals surface area contributed by atoms with Gasteiger partial charge in [-0.05, 0) is 24.1 Å². The second-order valence-electron chi connectivity index (χ2n) is 6.33. The van der Waals surface area contributed by atoms with Gasteiger partial charge in [-0.15, -0.1) is 0 Å². The Morgan fingerprint density at radius 3 is 2.46 bits per heavy atom. The van der Waals surface area contributed by atoms with Gasteiger partial charge < -0.3 is 4.90 Å². The minimum atomic E-state index is -0.395. The van der Waals surface area contributed by atoms with Gasteiger partial charge in [-0.2, -0.15) is 0 Å². The molecule has 3 rings (SSSR count). The third kappa shape index (κ3) is 4.39. The fourth-order valence-corrected chi connectivity index (χ4v) is 3.33. The topological polar surface area (TPSA) is 66.7 Å². The molecular formula is C19H20ClN3O3. The maximum absolute atomic E-state index is 12.7. The van der Waals surface area contributed by atoms with E-state index < -0.39 is 4.92 Å². The lowest BCUT2D eigenvalue weighted by molar-refractivity contribution is -0.384. The van der Waals surface area contributed by atoms with Crippen LogP contribution in [0.25, 0.3) is 0 Å². The van der Waals surface area contributed by atoms with Crippen LogP contribution in [0.3, 0.4) is 0 Å². The smallest absolute Gasteiger partial charge is 0.269 e. The second kappa shape index (κ2) is 8.29. The SMILES string of the molecule is O=C(c1ccccc1Cl)N1CCCN(Cc2ccc([N+](=O)[O-])cc2)CC1. The highest BCUT2D eigenvalue weighted by Gasteiger charge is 2.21. The summed E-state index contributed by atoms with van der Waals surface area (Å²) < 4.78 is 0. The molecule has 0 spiro atoms. The summed E-state index contributed by atoms with van der Waals surface area (Å²) >= 11 is 6.14. The highest BCUT2D eigenvalue weighted by atomic mass is 35.5. The average Bonchev–Trinajstić information content (AvgIpc) is 2.88. The quantitative estimate of drug-likeness (QED) is 0.606. The number of halogens is 1. The standard InChI is InChI=1S/C19H20ClN3O3/c20-18-5-2-1-4-17(18)19(24)22-11-3-10-21(12-13-22)14-15-6-8-16(9-7-15)23(25)26/h1-2,4-9H,3,10-14H2. The Morgan fingerprint density at radius 1 is 1.04 bits per heavy atom. The number of amides is 1. The number of non-ortho nitro benzene ring substituents is 1. The highest BCUT2D eigenvalue weighted by Crippen LogP contribution is 2.19.